The molecule has 25 heavy (non-hydrogen) atoms. The normalized spacial score (nSPS) is 10.5. The maximum atomic E-state index is 12.1. The van der Waals surface area contributed by atoms with Gasteiger partial charge >= 0.3 is 5.63 Å². The third-order valence-electron chi connectivity index (χ3n) is 4.19. The number of fused-ring (bicyclic) bond motifs is 1. The van der Waals surface area contributed by atoms with Crippen LogP contribution < -0.4 is 5.63 Å². The van der Waals surface area contributed by atoms with Crippen LogP contribution >= 0.6 is 0 Å². The molecule has 0 aliphatic carbocycles. The molecule has 0 bridgehead atoms. The predicted octanol–water partition coefficient (Wildman–Crippen LogP) is 5.00. The Morgan fingerprint density at radius 1 is 0.760 bits per heavy atom. The van der Waals surface area contributed by atoms with E-state index >= 15 is 0 Å². The molecule has 4 aromatic rings. The highest BCUT2D eigenvalue weighted by molar-refractivity contribution is 6.01. The van der Waals surface area contributed by atoms with Crippen LogP contribution in [-0.4, -0.2) is 0 Å². The molecule has 0 aliphatic heterocycles. The van der Waals surface area contributed by atoms with Gasteiger partial charge in [-0.2, -0.15) is 5.26 Å². The van der Waals surface area contributed by atoms with Crippen LogP contribution in [-0.2, 0) is 0 Å². The lowest BCUT2D eigenvalue weighted by atomic mass is 9.95. The maximum Gasteiger partial charge on any atom is 0.354 e. The van der Waals surface area contributed by atoms with Crippen molar-refractivity contribution in [3.05, 3.63) is 94.8 Å². The highest BCUT2D eigenvalue weighted by Gasteiger charge is 2.14. The molecule has 0 N–H and O–H groups in total. The summed E-state index contributed by atoms with van der Waals surface area (Å²) in [5.74, 6) is 0. The van der Waals surface area contributed by atoms with Crippen molar-refractivity contribution in [1.82, 2.24) is 0 Å². The zero-order valence-corrected chi connectivity index (χ0v) is 13.3. The molecular weight excluding hydrogens is 310 g/mol. The molecule has 118 valence electrons. The van der Waals surface area contributed by atoms with Crippen molar-refractivity contribution in [3.8, 4) is 28.3 Å². The van der Waals surface area contributed by atoms with Crippen LogP contribution in [0, 0.1) is 11.3 Å². The SMILES string of the molecule is N#Cc1cc2c(-c3ccccc3)ccc(-c3ccccc3)c2oc1=O. The molecule has 3 nitrogen and oxygen atoms in total. The summed E-state index contributed by atoms with van der Waals surface area (Å²) in [4.78, 5) is 12.1. The maximum absolute atomic E-state index is 12.1. The molecule has 0 saturated heterocycles. The van der Waals surface area contributed by atoms with Crippen molar-refractivity contribution in [3.63, 3.8) is 0 Å². The van der Waals surface area contributed by atoms with E-state index in [0.29, 0.717) is 5.58 Å². The monoisotopic (exact) mass is 323 g/mol. The fraction of sp³-hybridized carbons (Fsp3) is 0. The molecule has 0 unspecified atom stereocenters. The predicted molar refractivity (Wildman–Crippen MR) is 98.1 cm³/mol. The molecule has 1 heterocycles. The van der Waals surface area contributed by atoms with Gasteiger partial charge in [-0.05, 0) is 28.8 Å². The van der Waals surface area contributed by atoms with E-state index in [9.17, 15) is 10.1 Å². The largest absolute Gasteiger partial charge is 0.421 e. The van der Waals surface area contributed by atoms with Crippen LogP contribution in [0.3, 0.4) is 0 Å². The van der Waals surface area contributed by atoms with Crippen LogP contribution in [0.4, 0.5) is 0 Å². The number of hydrogen-bond donors (Lipinski definition) is 0. The van der Waals surface area contributed by atoms with Crippen LogP contribution in [0.2, 0.25) is 0 Å². The molecule has 0 fully saturated rings. The lowest BCUT2D eigenvalue weighted by molar-refractivity contribution is 0.559. The summed E-state index contributed by atoms with van der Waals surface area (Å²) in [5, 5.41) is 9.97. The zero-order valence-electron chi connectivity index (χ0n) is 13.3. The van der Waals surface area contributed by atoms with Crippen molar-refractivity contribution in [2.75, 3.05) is 0 Å². The van der Waals surface area contributed by atoms with Crippen LogP contribution in [0.15, 0.2) is 88.1 Å². The van der Waals surface area contributed by atoms with Gasteiger partial charge in [0.25, 0.3) is 0 Å². The van der Waals surface area contributed by atoms with Gasteiger partial charge in [0, 0.05) is 10.9 Å². The van der Waals surface area contributed by atoms with Crippen LogP contribution in [0.25, 0.3) is 33.2 Å². The molecule has 0 aliphatic rings. The van der Waals surface area contributed by atoms with Crippen LogP contribution in [0.5, 0.6) is 0 Å². The Balaban J connectivity index is 2.10. The Labute approximate surface area is 144 Å². The second-order valence-electron chi connectivity index (χ2n) is 5.69. The second kappa shape index (κ2) is 6.10. The smallest absolute Gasteiger partial charge is 0.354 e. The van der Waals surface area contributed by atoms with Gasteiger partial charge in [0.05, 0.1) is 0 Å². The average Bonchev–Trinajstić information content (AvgIpc) is 2.68. The van der Waals surface area contributed by atoms with Gasteiger partial charge in [-0.15, -0.1) is 0 Å². The molecule has 3 aromatic carbocycles. The quantitative estimate of drug-likeness (QED) is 0.488. The summed E-state index contributed by atoms with van der Waals surface area (Å²) >= 11 is 0. The van der Waals surface area contributed by atoms with Gasteiger partial charge in [0.1, 0.15) is 17.2 Å². The van der Waals surface area contributed by atoms with Crippen LogP contribution in [0.1, 0.15) is 5.56 Å². The molecule has 0 amide bonds. The number of nitriles is 1. The number of nitrogens with zero attached hydrogens (tertiary/aromatic N) is 1. The van der Waals surface area contributed by atoms with E-state index in [1.165, 1.54) is 0 Å². The molecule has 4 rings (SSSR count). The van der Waals surface area contributed by atoms with Gasteiger partial charge in [-0.1, -0.05) is 66.7 Å². The summed E-state index contributed by atoms with van der Waals surface area (Å²) < 4.78 is 5.55. The van der Waals surface area contributed by atoms with Crippen molar-refractivity contribution in [2.45, 2.75) is 0 Å². The van der Waals surface area contributed by atoms with E-state index in [1.54, 1.807) is 6.07 Å². The summed E-state index contributed by atoms with van der Waals surface area (Å²) in [6.45, 7) is 0. The first kappa shape index (κ1) is 14.9. The topological polar surface area (TPSA) is 54.0 Å². The van der Waals surface area contributed by atoms with Gasteiger partial charge in [0.15, 0.2) is 0 Å². The zero-order chi connectivity index (χ0) is 17.2. The first-order valence-electron chi connectivity index (χ1n) is 7.90. The lowest BCUT2D eigenvalue weighted by Gasteiger charge is -2.11. The first-order chi connectivity index (χ1) is 12.3. The highest BCUT2D eigenvalue weighted by atomic mass is 16.4. The fourth-order valence-corrected chi connectivity index (χ4v) is 3.00. The second-order valence-corrected chi connectivity index (χ2v) is 5.69. The first-order valence-corrected chi connectivity index (χ1v) is 7.90. The van der Waals surface area contributed by atoms with Gasteiger partial charge in [0.2, 0.25) is 0 Å². The minimum Gasteiger partial charge on any atom is -0.421 e. The number of hydrogen-bond acceptors (Lipinski definition) is 3. The van der Waals surface area contributed by atoms with E-state index in [0.717, 1.165) is 27.6 Å². The van der Waals surface area contributed by atoms with Crippen molar-refractivity contribution < 1.29 is 4.42 Å². The summed E-state index contributed by atoms with van der Waals surface area (Å²) in [6.07, 6.45) is 0. The minimum atomic E-state index is -0.614. The standard InChI is InChI=1S/C22H13NO2/c23-14-17-13-20-18(15-7-3-1-4-8-15)11-12-19(21(20)25-22(17)24)16-9-5-2-6-10-16/h1-13H. The van der Waals surface area contributed by atoms with Gasteiger partial charge in [-0.3, -0.25) is 0 Å². The minimum absolute atomic E-state index is 0.00916. The Morgan fingerprint density at radius 2 is 1.32 bits per heavy atom. The van der Waals surface area contributed by atoms with E-state index < -0.39 is 5.63 Å². The van der Waals surface area contributed by atoms with Crippen molar-refractivity contribution in [1.29, 1.82) is 5.26 Å². The van der Waals surface area contributed by atoms with Gasteiger partial charge in [-0.25, -0.2) is 4.79 Å². The summed E-state index contributed by atoms with van der Waals surface area (Å²) in [7, 11) is 0. The lowest BCUT2D eigenvalue weighted by Crippen LogP contribution is -2.04. The Morgan fingerprint density at radius 3 is 1.92 bits per heavy atom. The number of rotatable bonds is 2. The fourth-order valence-electron chi connectivity index (χ4n) is 3.00. The molecular formula is C22H13NO2. The molecule has 0 atom stereocenters. The highest BCUT2D eigenvalue weighted by Crippen LogP contribution is 2.35. The molecule has 0 saturated carbocycles. The Bertz CT molecular complexity index is 1150. The Hall–Kier alpha value is -3.64. The third-order valence-corrected chi connectivity index (χ3v) is 4.19. The van der Waals surface area contributed by atoms with Gasteiger partial charge < -0.3 is 4.42 Å². The summed E-state index contributed by atoms with van der Waals surface area (Å²) in [6, 6.07) is 27.1. The van der Waals surface area contributed by atoms with E-state index in [1.807, 2.05) is 78.9 Å². The molecule has 0 spiro atoms. The van der Waals surface area contributed by atoms with Crippen molar-refractivity contribution >= 4 is 11.0 Å². The molecule has 1 aromatic heterocycles. The van der Waals surface area contributed by atoms with Crippen molar-refractivity contribution in [2.24, 2.45) is 0 Å². The average molecular weight is 323 g/mol. The van der Waals surface area contributed by atoms with E-state index in [-0.39, 0.29) is 5.56 Å². The third kappa shape index (κ3) is 2.60. The Kier molecular flexibility index (Phi) is 3.64. The van der Waals surface area contributed by atoms with E-state index in [4.69, 9.17) is 4.42 Å². The number of benzene rings is 3. The molecule has 0 radical (unpaired) electrons. The summed E-state index contributed by atoms with van der Waals surface area (Å²) in [5.41, 5.74) is 3.61. The van der Waals surface area contributed by atoms with E-state index in [2.05, 4.69) is 0 Å². The molecule has 3 heteroatoms.